The molecule has 0 saturated heterocycles. The van der Waals surface area contributed by atoms with Gasteiger partial charge in [0.15, 0.2) is 0 Å². The first-order valence-electron chi connectivity index (χ1n) is 4.85. The zero-order chi connectivity index (χ0) is 9.14. The van der Waals surface area contributed by atoms with Crippen LogP contribution in [0.2, 0.25) is 0 Å². The van der Waals surface area contributed by atoms with Crippen LogP contribution in [0.4, 0.5) is 8.78 Å². The first kappa shape index (κ1) is 9.94. The van der Waals surface area contributed by atoms with Gasteiger partial charge < -0.3 is 0 Å². The van der Waals surface area contributed by atoms with Gasteiger partial charge in [-0.15, -0.1) is 0 Å². The maximum absolute atomic E-state index is 13.2. The van der Waals surface area contributed by atoms with E-state index < -0.39 is 12.8 Å². The van der Waals surface area contributed by atoms with Crippen LogP contribution in [0.3, 0.4) is 0 Å². The van der Waals surface area contributed by atoms with Crippen molar-refractivity contribution in [3.63, 3.8) is 0 Å². The summed E-state index contributed by atoms with van der Waals surface area (Å²) in [7, 11) is 0. The fraction of sp³-hybridized carbons (Fsp3) is 1.00. The molecular formula is C10H18F2. The number of hydrogen-bond donors (Lipinski definition) is 0. The van der Waals surface area contributed by atoms with Crippen LogP contribution in [0.1, 0.15) is 33.1 Å². The summed E-state index contributed by atoms with van der Waals surface area (Å²) in [5.74, 6) is 0.714. The molecule has 1 aliphatic rings. The summed E-state index contributed by atoms with van der Waals surface area (Å²) in [5.41, 5.74) is 0. The Morgan fingerprint density at radius 1 is 1.33 bits per heavy atom. The predicted octanol–water partition coefficient (Wildman–Crippen LogP) is 3.37. The van der Waals surface area contributed by atoms with Crippen LogP contribution in [0.5, 0.6) is 0 Å². The summed E-state index contributed by atoms with van der Waals surface area (Å²) in [6.07, 6.45) is 1.43. The van der Waals surface area contributed by atoms with E-state index in [0.717, 1.165) is 12.8 Å². The average molecular weight is 176 g/mol. The third kappa shape index (κ3) is 2.18. The summed E-state index contributed by atoms with van der Waals surface area (Å²) in [6.45, 7) is 3.76. The van der Waals surface area contributed by atoms with Crippen molar-refractivity contribution in [2.24, 2.45) is 17.8 Å². The molecule has 2 heteroatoms. The van der Waals surface area contributed by atoms with E-state index in [0.29, 0.717) is 18.3 Å². The fourth-order valence-electron chi connectivity index (χ4n) is 1.99. The van der Waals surface area contributed by atoms with Gasteiger partial charge in [-0.1, -0.05) is 13.8 Å². The Balaban J connectivity index is 2.40. The average Bonchev–Trinajstić information content (AvgIpc) is 2.04. The highest BCUT2D eigenvalue weighted by molar-refractivity contribution is 4.80. The number of halogens is 2. The zero-order valence-corrected chi connectivity index (χ0v) is 7.89. The van der Waals surface area contributed by atoms with E-state index in [-0.39, 0.29) is 5.92 Å². The lowest BCUT2D eigenvalue weighted by Crippen LogP contribution is -2.29. The van der Waals surface area contributed by atoms with Gasteiger partial charge in [0.1, 0.15) is 6.17 Å². The normalized spacial score (nSPS) is 37.2. The van der Waals surface area contributed by atoms with Gasteiger partial charge in [-0.3, -0.25) is 4.39 Å². The first-order valence-corrected chi connectivity index (χ1v) is 4.85. The largest absolute Gasteiger partial charge is 0.251 e. The molecular weight excluding hydrogens is 158 g/mol. The van der Waals surface area contributed by atoms with Gasteiger partial charge in [-0.25, -0.2) is 4.39 Å². The van der Waals surface area contributed by atoms with Crippen molar-refractivity contribution in [3.05, 3.63) is 0 Å². The molecule has 1 fully saturated rings. The van der Waals surface area contributed by atoms with E-state index in [1.807, 2.05) is 0 Å². The van der Waals surface area contributed by atoms with Crippen molar-refractivity contribution < 1.29 is 8.78 Å². The lowest BCUT2D eigenvalue weighted by atomic mass is 9.76. The second-order valence-electron chi connectivity index (χ2n) is 4.25. The molecule has 0 radical (unpaired) electrons. The van der Waals surface area contributed by atoms with Crippen LogP contribution in [0.25, 0.3) is 0 Å². The standard InChI is InChI=1S/C10H18F2/c1-7(2)8-3-4-9(6-11)10(12)5-8/h7-10H,3-6H2,1-2H3. The molecule has 0 aromatic carbocycles. The minimum atomic E-state index is -0.892. The number of alkyl halides is 2. The Hall–Kier alpha value is -0.140. The predicted molar refractivity (Wildman–Crippen MR) is 46.5 cm³/mol. The molecule has 0 bridgehead atoms. The van der Waals surface area contributed by atoms with Crippen molar-refractivity contribution in [2.75, 3.05) is 6.67 Å². The number of hydrogen-bond acceptors (Lipinski definition) is 0. The maximum atomic E-state index is 13.2. The zero-order valence-electron chi connectivity index (χ0n) is 7.89. The van der Waals surface area contributed by atoms with E-state index in [1.165, 1.54) is 0 Å². The van der Waals surface area contributed by atoms with Crippen LogP contribution < -0.4 is 0 Å². The van der Waals surface area contributed by atoms with E-state index in [2.05, 4.69) is 13.8 Å². The minimum absolute atomic E-state index is 0.306. The molecule has 0 aliphatic heterocycles. The first-order chi connectivity index (χ1) is 5.65. The van der Waals surface area contributed by atoms with Gasteiger partial charge in [0, 0.05) is 5.92 Å². The van der Waals surface area contributed by atoms with Crippen LogP contribution in [-0.4, -0.2) is 12.8 Å². The molecule has 0 spiro atoms. The highest BCUT2D eigenvalue weighted by Gasteiger charge is 2.31. The topological polar surface area (TPSA) is 0 Å². The smallest absolute Gasteiger partial charge is 0.106 e. The third-order valence-electron chi connectivity index (χ3n) is 3.09. The summed E-state index contributed by atoms with van der Waals surface area (Å²) in [6, 6.07) is 0. The Bertz CT molecular complexity index is 134. The molecule has 3 unspecified atom stereocenters. The maximum Gasteiger partial charge on any atom is 0.106 e. The van der Waals surface area contributed by atoms with Gasteiger partial charge in [0.2, 0.25) is 0 Å². The molecule has 1 aliphatic carbocycles. The van der Waals surface area contributed by atoms with Gasteiger partial charge >= 0.3 is 0 Å². The second-order valence-corrected chi connectivity index (χ2v) is 4.25. The second kappa shape index (κ2) is 4.20. The highest BCUT2D eigenvalue weighted by atomic mass is 19.1. The Labute approximate surface area is 73.3 Å². The number of rotatable bonds is 2. The van der Waals surface area contributed by atoms with E-state index in [1.54, 1.807) is 0 Å². The quantitative estimate of drug-likeness (QED) is 0.605. The molecule has 72 valence electrons. The SMILES string of the molecule is CC(C)C1CCC(CF)C(F)C1. The molecule has 1 rings (SSSR count). The molecule has 0 heterocycles. The van der Waals surface area contributed by atoms with Gasteiger partial charge in [-0.2, -0.15) is 0 Å². The molecule has 3 atom stereocenters. The van der Waals surface area contributed by atoms with Gasteiger partial charge in [0.05, 0.1) is 6.67 Å². The molecule has 0 N–H and O–H groups in total. The lowest BCUT2D eigenvalue weighted by Gasteiger charge is -2.32. The molecule has 1 saturated carbocycles. The molecule has 0 aromatic heterocycles. The van der Waals surface area contributed by atoms with E-state index in [4.69, 9.17) is 0 Å². The Morgan fingerprint density at radius 3 is 2.42 bits per heavy atom. The summed E-state index contributed by atoms with van der Waals surface area (Å²) < 4.78 is 25.4. The molecule has 12 heavy (non-hydrogen) atoms. The summed E-state index contributed by atoms with van der Waals surface area (Å²) >= 11 is 0. The van der Waals surface area contributed by atoms with Gasteiger partial charge in [-0.05, 0) is 31.1 Å². The Morgan fingerprint density at radius 2 is 2.00 bits per heavy atom. The molecule has 0 nitrogen and oxygen atoms in total. The monoisotopic (exact) mass is 176 g/mol. The third-order valence-corrected chi connectivity index (χ3v) is 3.09. The van der Waals surface area contributed by atoms with Crippen LogP contribution in [0.15, 0.2) is 0 Å². The lowest BCUT2D eigenvalue weighted by molar-refractivity contribution is 0.0883. The molecule has 0 amide bonds. The minimum Gasteiger partial charge on any atom is -0.251 e. The fourth-order valence-corrected chi connectivity index (χ4v) is 1.99. The van der Waals surface area contributed by atoms with Crippen LogP contribution in [0, 0.1) is 17.8 Å². The Kier molecular flexibility index (Phi) is 3.48. The van der Waals surface area contributed by atoms with Crippen LogP contribution in [-0.2, 0) is 0 Å². The van der Waals surface area contributed by atoms with Crippen molar-refractivity contribution in [1.82, 2.24) is 0 Å². The van der Waals surface area contributed by atoms with Crippen molar-refractivity contribution >= 4 is 0 Å². The van der Waals surface area contributed by atoms with E-state index in [9.17, 15) is 8.78 Å². The van der Waals surface area contributed by atoms with Crippen molar-refractivity contribution in [2.45, 2.75) is 39.3 Å². The summed E-state index contributed by atoms with van der Waals surface area (Å²) in [5, 5.41) is 0. The summed E-state index contributed by atoms with van der Waals surface area (Å²) in [4.78, 5) is 0. The van der Waals surface area contributed by atoms with Crippen LogP contribution >= 0.6 is 0 Å². The van der Waals surface area contributed by atoms with Crippen molar-refractivity contribution in [1.29, 1.82) is 0 Å². The van der Waals surface area contributed by atoms with E-state index >= 15 is 0 Å². The highest BCUT2D eigenvalue weighted by Crippen LogP contribution is 2.35. The van der Waals surface area contributed by atoms with Crippen molar-refractivity contribution in [3.8, 4) is 0 Å². The van der Waals surface area contributed by atoms with Gasteiger partial charge in [0.25, 0.3) is 0 Å². The molecule has 0 aromatic rings.